The van der Waals surface area contributed by atoms with Crippen LogP contribution in [0.5, 0.6) is 0 Å². The number of ether oxygens (including phenoxy) is 1. The number of likely N-dealkylation sites (N-methyl/N-ethyl adjacent to an activating group) is 1. The predicted molar refractivity (Wildman–Crippen MR) is 77.2 cm³/mol. The van der Waals surface area contributed by atoms with Crippen LogP contribution in [-0.4, -0.2) is 77.9 Å². The standard InChI is InChI=1S/C14H25N3O4/c1-3-16(11-4-5-11)7-6-15-13(20)17-9-14(2,10-17)21-8-12(18)19/h11H,3-10H2,1-2H3,(H,15,20)(H,18,19). The normalized spacial score (nSPS) is 20.2. The summed E-state index contributed by atoms with van der Waals surface area (Å²) in [6.45, 7) is 7.06. The van der Waals surface area contributed by atoms with Crippen molar-refractivity contribution in [2.45, 2.75) is 38.3 Å². The molecule has 7 heteroatoms. The van der Waals surface area contributed by atoms with Crippen LogP contribution in [0.1, 0.15) is 26.7 Å². The Hall–Kier alpha value is -1.34. The number of carbonyl (C=O) groups is 2. The van der Waals surface area contributed by atoms with E-state index in [2.05, 4.69) is 17.1 Å². The minimum Gasteiger partial charge on any atom is -0.480 e. The van der Waals surface area contributed by atoms with Gasteiger partial charge in [-0.1, -0.05) is 6.92 Å². The third-order valence-electron chi connectivity index (χ3n) is 4.03. The van der Waals surface area contributed by atoms with E-state index >= 15 is 0 Å². The van der Waals surface area contributed by atoms with Crippen molar-refractivity contribution in [1.82, 2.24) is 15.1 Å². The molecule has 0 radical (unpaired) electrons. The van der Waals surface area contributed by atoms with Gasteiger partial charge in [0.15, 0.2) is 0 Å². The van der Waals surface area contributed by atoms with Gasteiger partial charge in [0.05, 0.1) is 13.1 Å². The van der Waals surface area contributed by atoms with Crippen molar-refractivity contribution in [3.63, 3.8) is 0 Å². The molecule has 1 aliphatic heterocycles. The number of carboxylic acids is 1. The van der Waals surface area contributed by atoms with E-state index in [0.29, 0.717) is 25.7 Å². The highest BCUT2D eigenvalue weighted by molar-refractivity contribution is 5.75. The van der Waals surface area contributed by atoms with Crippen LogP contribution in [0.4, 0.5) is 4.79 Å². The SMILES string of the molecule is CCN(CCNC(=O)N1CC(C)(OCC(=O)O)C1)C1CC1. The Labute approximate surface area is 125 Å². The molecule has 0 bridgehead atoms. The van der Waals surface area contributed by atoms with Gasteiger partial charge in [-0.05, 0) is 26.3 Å². The molecule has 2 aliphatic rings. The summed E-state index contributed by atoms with van der Waals surface area (Å²) in [5.74, 6) is -0.987. The molecule has 21 heavy (non-hydrogen) atoms. The molecular weight excluding hydrogens is 274 g/mol. The third kappa shape index (κ3) is 4.57. The topological polar surface area (TPSA) is 82.1 Å². The molecule has 7 nitrogen and oxygen atoms in total. The van der Waals surface area contributed by atoms with Gasteiger partial charge in [-0.2, -0.15) is 0 Å². The maximum absolute atomic E-state index is 11.9. The summed E-state index contributed by atoms with van der Waals surface area (Å²) < 4.78 is 5.28. The second-order valence-corrected chi connectivity index (χ2v) is 6.08. The van der Waals surface area contributed by atoms with Gasteiger partial charge in [0, 0.05) is 19.1 Å². The van der Waals surface area contributed by atoms with Crippen molar-refractivity contribution in [1.29, 1.82) is 0 Å². The molecule has 2 rings (SSSR count). The highest BCUT2D eigenvalue weighted by Crippen LogP contribution is 2.26. The number of carbonyl (C=O) groups excluding carboxylic acids is 1. The van der Waals surface area contributed by atoms with E-state index in [1.807, 2.05) is 6.92 Å². The van der Waals surface area contributed by atoms with Gasteiger partial charge in [0.1, 0.15) is 12.2 Å². The van der Waals surface area contributed by atoms with Gasteiger partial charge >= 0.3 is 12.0 Å². The predicted octanol–water partition coefficient (Wildman–Crippen LogP) is 0.356. The van der Waals surface area contributed by atoms with Crippen LogP contribution in [0.15, 0.2) is 0 Å². The van der Waals surface area contributed by atoms with Crippen LogP contribution in [0.3, 0.4) is 0 Å². The van der Waals surface area contributed by atoms with Crippen LogP contribution in [-0.2, 0) is 9.53 Å². The molecule has 0 aromatic rings. The first-order valence-corrected chi connectivity index (χ1v) is 7.56. The Morgan fingerprint density at radius 2 is 2.10 bits per heavy atom. The lowest BCUT2D eigenvalue weighted by Gasteiger charge is -2.47. The van der Waals surface area contributed by atoms with E-state index in [1.54, 1.807) is 4.90 Å². The Kier molecular flexibility index (Phi) is 5.05. The summed E-state index contributed by atoms with van der Waals surface area (Å²) in [6.07, 6.45) is 2.54. The monoisotopic (exact) mass is 299 g/mol. The van der Waals surface area contributed by atoms with Gasteiger partial charge in [-0.3, -0.25) is 4.90 Å². The van der Waals surface area contributed by atoms with Gasteiger partial charge in [-0.25, -0.2) is 9.59 Å². The number of carboxylic acid groups (broad SMARTS) is 1. The van der Waals surface area contributed by atoms with Crippen molar-refractivity contribution in [3.8, 4) is 0 Å². The fraction of sp³-hybridized carbons (Fsp3) is 0.857. The molecule has 2 fully saturated rings. The summed E-state index contributed by atoms with van der Waals surface area (Å²) in [7, 11) is 0. The van der Waals surface area contributed by atoms with Gasteiger partial charge in [0.2, 0.25) is 0 Å². The fourth-order valence-corrected chi connectivity index (χ4v) is 2.69. The highest BCUT2D eigenvalue weighted by atomic mass is 16.5. The lowest BCUT2D eigenvalue weighted by Crippen LogP contribution is -2.65. The first kappa shape index (κ1) is 16.0. The minimum atomic E-state index is -0.987. The number of hydrogen-bond donors (Lipinski definition) is 2. The van der Waals surface area contributed by atoms with Crippen molar-refractivity contribution in [2.24, 2.45) is 0 Å². The first-order chi connectivity index (χ1) is 9.93. The summed E-state index contributed by atoms with van der Waals surface area (Å²) in [5, 5.41) is 11.5. The largest absolute Gasteiger partial charge is 0.480 e. The van der Waals surface area contributed by atoms with Crippen molar-refractivity contribution >= 4 is 12.0 Å². The molecule has 2 amide bonds. The molecule has 0 atom stereocenters. The number of nitrogens with one attached hydrogen (secondary N) is 1. The van der Waals surface area contributed by atoms with E-state index in [1.165, 1.54) is 12.8 Å². The molecule has 1 saturated heterocycles. The van der Waals surface area contributed by atoms with Crippen LogP contribution in [0.2, 0.25) is 0 Å². The molecule has 1 aliphatic carbocycles. The van der Waals surface area contributed by atoms with Crippen molar-refractivity contribution < 1.29 is 19.4 Å². The molecule has 0 aromatic carbocycles. The molecule has 0 unspecified atom stereocenters. The summed E-state index contributed by atoms with van der Waals surface area (Å²) in [5.41, 5.74) is -0.529. The summed E-state index contributed by atoms with van der Waals surface area (Å²) in [6, 6.07) is 0.613. The lowest BCUT2D eigenvalue weighted by molar-refractivity contribution is -0.159. The second kappa shape index (κ2) is 6.62. The van der Waals surface area contributed by atoms with E-state index in [0.717, 1.165) is 13.1 Å². The zero-order chi connectivity index (χ0) is 15.5. The van der Waals surface area contributed by atoms with Crippen molar-refractivity contribution in [2.75, 3.05) is 39.3 Å². The Balaban J connectivity index is 1.61. The fourth-order valence-electron chi connectivity index (χ4n) is 2.69. The Morgan fingerprint density at radius 3 is 2.62 bits per heavy atom. The number of hydrogen-bond acceptors (Lipinski definition) is 4. The quantitative estimate of drug-likeness (QED) is 0.676. The number of amides is 2. The Bertz CT molecular complexity index is 392. The molecule has 1 saturated carbocycles. The number of urea groups is 1. The smallest absolute Gasteiger partial charge is 0.329 e. The van der Waals surface area contributed by atoms with Gasteiger partial charge < -0.3 is 20.1 Å². The molecule has 0 spiro atoms. The number of nitrogens with zero attached hydrogens (tertiary/aromatic N) is 2. The lowest BCUT2D eigenvalue weighted by atomic mass is 9.97. The van der Waals surface area contributed by atoms with Gasteiger partial charge in [-0.15, -0.1) is 0 Å². The molecule has 120 valence electrons. The maximum atomic E-state index is 11.9. The number of aliphatic carboxylic acids is 1. The first-order valence-electron chi connectivity index (χ1n) is 7.56. The molecule has 1 heterocycles. The van der Waals surface area contributed by atoms with Crippen molar-refractivity contribution in [3.05, 3.63) is 0 Å². The number of likely N-dealkylation sites (tertiary alicyclic amines) is 1. The number of rotatable bonds is 8. The van der Waals surface area contributed by atoms with Crippen LogP contribution in [0, 0.1) is 0 Å². The second-order valence-electron chi connectivity index (χ2n) is 6.08. The zero-order valence-corrected chi connectivity index (χ0v) is 12.8. The zero-order valence-electron chi connectivity index (χ0n) is 12.8. The van der Waals surface area contributed by atoms with Crippen LogP contribution >= 0.6 is 0 Å². The van der Waals surface area contributed by atoms with Crippen LogP contribution in [0.25, 0.3) is 0 Å². The molecule has 2 N–H and O–H groups in total. The van der Waals surface area contributed by atoms with Crippen LogP contribution < -0.4 is 5.32 Å². The van der Waals surface area contributed by atoms with E-state index in [-0.39, 0.29) is 12.6 Å². The van der Waals surface area contributed by atoms with E-state index < -0.39 is 11.6 Å². The highest BCUT2D eigenvalue weighted by Gasteiger charge is 2.42. The summed E-state index contributed by atoms with van der Waals surface area (Å²) in [4.78, 5) is 26.4. The minimum absolute atomic E-state index is 0.0988. The molecule has 0 aromatic heterocycles. The summed E-state index contributed by atoms with van der Waals surface area (Å²) >= 11 is 0. The average Bonchev–Trinajstić information content (AvgIpc) is 3.22. The van der Waals surface area contributed by atoms with E-state index in [4.69, 9.17) is 9.84 Å². The average molecular weight is 299 g/mol. The Morgan fingerprint density at radius 1 is 1.43 bits per heavy atom. The third-order valence-corrected chi connectivity index (χ3v) is 4.03. The van der Waals surface area contributed by atoms with E-state index in [9.17, 15) is 9.59 Å². The molecular formula is C14H25N3O4. The maximum Gasteiger partial charge on any atom is 0.329 e. The van der Waals surface area contributed by atoms with Gasteiger partial charge in [0.25, 0.3) is 0 Å².